The first kappa shape index (κ1) is 32.7. The highest BCUT2D eigenvalue weighted by Crippen LogP contribution is 2.34. The molecule has 0 atom stereocenters. The smallest absolute Gasteiger partial charge is 0.342 e. The molecule has 0 aliphatic rings. The van der Waals surface area contributed by atoms with Crippen LogP contribution in [0.1, 0.15) is 106 Å². The maximum absolute atomic E-state index is 12.9. The molecule has 7 heteroatoms. The molecule has 0 bridgehead atoms. The zero-order valence-corrected chi connectivity index (χ0v) is 26.0. The van der Waals surface area contributed by atoms with Crippen LogP contribution in [0.15, 0.2) is 42.5 Å². The minimum atomic E-state index is -0.666. The van der Waals surface area contributed by atoms with Crippen LogP contribution in [0, 0.1) is 0 Å². The second-order valence-electron chi connectivity index (χ2n) is 10.9. The molecule has 216 valence electrons. The van der Waals surface area contributed by atoms with Gasteiger partial charge in [-0.05, 0) is 58.2 Å². The highest BCUT2D eigenvalue weighted by atomic mass is 79.9. The van der Waals surface area contributed by atoms with Crippen LogP contribution in [0.25, 0.3) is 0 Å². The third-order valence-corrected chi connectivity index (χ3v) is 6.50. The Labute approximate surface area is 242 Å². The van der Waals surface area contributed by atoms with E-state index in [2.05, 4.69) is 29.8 Å². The van der Waals surface area contributed by atoms with E-state index in [4.69, 9.17) is 18.9 Å². The summed E-state index contributed by atoms with van der Waals surface area (Å²) in [6, 6.07) is 13.1. The van der Waals surface area contributed by atoms with Crippen molar-refractivity contribution >= 4 is 27.9 Å². The standard InChI is InChI=1S/C32H45BrO6/c1-7-36-29(34)25-22-28(39-32(5,6)23-24-17-13-12-14-18-24)26(30(35)37-8-2)21-27(25)38-20-16-11-9-10-15-19-31(3,4)33/h12-14,17-18,21-22H,7-11,15-16,19-20,23H2,1-6H3. The Bertz CT molecular complexity index is 1040. The van der Waals surface area contributed by atoms with Crippen LogP contribution in [-0.4, -0.2) is 41.7 Å². The lowest BCUT2D eigenvalue weighted by Crippen LogP contribution is -2.32. The molecule has 0 unspecified atom stereocenters. The lowest BCUT2D eigenvalue weighted by atomic mass is 9.98. The number of hydrogen-bond donors (Lipinski definition) is 0. The van der Waals surface area contributed by atoms with Crippen LogP contribution < -0.4 is 9.47 Å². The van der Waals surface area contributed by atoms with Crippen molar-refractivity contribution in [2.24, 2.45) is 0 Å². The van der Waals surface area contributed by atoms with E-state index < -0.39 is 17.5 Å². The molecule has 0 fully saturated rings. The molecule has 2 aromatic rings. The molecule has 0 aromatic heterocycles. The Hall–Kier alpha value is -2.54. The molecular weight excluding hydrogens is 560 g/mol. The van der Waals surface area contributed by atoms with Crippen molar-refractivity contribution in [3.05, 3.63) is 59.2 Å². The van der Waals surface area contributed by atoms with E-state index >= 15 is 0 Å². The predicted molar refractivity (Wildman–Crippen MR) is 159 cm³/mol. The number of carbonyl (C=O) groups excluding carboxylic acids is 2. The summed E-state index contributed by atoms with van der Waals surface area (Å²) in [5.74, 6) is -0.491. The van der Waals surface area contributed by atoms with Crippen molar-refractivity contribution in [1.82, 2.24) is 0 Å². The van der Waals surface area contributed by atoms with Crippen molar-refractivity contribution in [3.63, 3.8) is 0 Å². The Kier molecular flexibility index (Phi) is 13.3. The number of ether oxygens (including phenoxy) is 4. The third-order valence-electron chi connectivity index (χ3n) is 6.10. The average molecular weight is 606 g/mol. The summed E-state index contributed by atoms with van der Waals surface area (Å²) in [6.45, 7) is 12.6. The summed E-state index contributed by atoms with van der Waals surface area (Å²) < 4.78 is 23.2. The highest BCUT2D eigenvalue weighted by Gasteiger charge is 2.28. The van der Waals surface area contributed by atoms with Crippen LogP contribution in [0.3, 0.4) is 0 Å². The molecule has 2 rings (SSSR count). The van der Waals surface area contributed by atoms with Gasteiger partial charge in [0, 0.05) is 10.7 Å². The van der Waals surface area contributed by atoms with Crippen molar-refractivity contribution in [2.75, 3.05) is 19.8 Å². The monoisotopic (exact) mass is 604 g/mol. The molecule has 0 heterocycles. The first-order valence-corrected chi connectivity index (χ1v) is 14.8. The van der Waals surface area contributed by atoms with Gasteiger partial charge in [-0.1, -0.05) is 85.8 Å². The minimum Gasteiger partial charge on any atom is -0.493 e. The number of hydrogen-bond acceptors (Lipinski definition) is 6. The molecule has 0 amide bonds. The van der Waals surface area contributed by atoms with E-state index in [-0.39, 0.29) is 34.4 Å². The molecule has 0 radical (unpaired) electrons. The molecular formula is C32H45BrO6. The van der Waals surface area contributed by atoms with E-state index in [0.717, 1.165) is 31.2 Å². The van der Waals surface area contributed by atoms with E-state index in [1.807, 2.05) is 44.2 Å². The summed E-state index contributed by atoms with van der Waals surface area (Å²) in [7, 11) is 0. The van der Waals surface area contributed by atoms with Crippen LogP contribution in [0.5, 0.6) is 11.5 Å². The number of esters is 2. The van der Waals surface area contributed by atoms with Gasteiger partial charge in [-0.3, -0.25) is 0 Å². The maximum atomic E-state index is 12.9. The van der Waals surface area contributed by atoms with Gasteiger partial charge in [0.25, 0.3) is 0 Å². The topological polar surface area (TPSA) is 71.1 Å². The van der Waals surface area contributed by atoms with Gasteiger partial charge in [-0.15, -0.1) is 0 Å². The third kappa shape index (κ3) is 12.0. The maximum Gasteiger partial charge on any atom is 0.342 e. The molecule has 0 spiro atoms. The molecule has 0 saturated carbocycles. The lowest BCUT2D eigenvalue weighted by molar-refractivity contribution is 0.0490. The van der Waals surface area contributed by atoms with Crippen molar-refractivity contribution in [1.29, 1.82) is 0 Å². The fourth-order valence-corrected chi connectivity index (χ4v) is 4.56. The molecule has 0 N–H and O–H groups in total. The van der Waals surface area contributed by atoms with Gasteiger partial charge in [-0.2, -0.15) is 0 Å². The van der Waals surface area contributed by atoms with Crippen LogP contribution in [0.4, 0.5) is 0 Å². The SMILES string of the molecule is CCOC(=O)c1cc(OC(C)(C)Cc2ccccc2)c(C(=O)OCC)cc1OCCCCCCCC(C)(C)Br. The van der Waals surface area contributed by atoms with Gasteiger partial charge in [-0.25, -0.2) is 9.59 Å². The average Bonchev–Trinajstić information content (AvgIpc) is 2.85. The normalized spacial score (nSPS) is 11.7. The van der Waals surface area contributed by atoms with E-state index in [0.29, 0.717) is 18.8 Å². The summed E-state index contributed by atoms with van der Waals surface area (Å²) in [5, 5.41) is 0. The van der Waals surface area contributed by atoms with Gasteiger partial charge in [0.05, 0.1) is 19.8 Å². The van der Waals surface area contributed by atoms with Gasteiger partial charge >= 0.3 is 11.9 Å². The molecule has 0 saturated heterocycles. The first-order valence-electron chi connectivity index (χ1n) is 14.0. The fourth-order valence-electron chi connectivity index (χ4n) is 4.28. The molecule has 39 heavy (non-hydrogen) atoms. The second-order valence-corrected chi connectivity index (χ2v) is 13.0. The zero-order chi connectivity index (χ0) is 28.9. The summed E-state index contributed by atoms with van der Waals surface area (Å²) >= 11 is 3.69. The second kappa shape index (κ2) is 15.9. The number of unbranched alkanes of at least 4 members (excludes halogenated alkanes) is 4. The Morgan fingerprint density at radius 3 is 1.90 bits per heavy atom. The van der Waals surface area contributed by atoms with Gasteiger partial charge in [0.15, 0.2) is 0 Å². The van der Waals surface area contributed by atoms with Crippen molar-refractivity contribution in [2.45, 2.75) is 96.4 Å². The summed E-state index contributed by atoms with van der Waals surface area (Å²) in [5.41, 5.74) is 0.885. The van der Waals surface area contributed by atoms with E-state index in [1.54, 1.807) is 26.0 Å². The Balaban J connectivity index is 2.22. The summed E-state index contributed by atoms with van der Waals surface area (Å²) in [4.78, 5) is 25.8. The predicted octanol–water partition coefficient (Wildman–Crippen LogP) is 8.33. The lowest BCUT2D eigenvalue weighted by Gasteiger charge is -2.28. The number of alkyl halides is 1. The number of benzene rings is 2. The van der Waals surface area contributed by atoms with Crippen molar-refractivity contribution in [3.8, 4) is 11.5 Å². The van der Waals surface area contributed by atoms with Crippen LogP contribution in [0.2, 0.25) is 0 Å². The van der Waals surface area contributed by atoms with Gasteiger partial charge in [0.2, 0.25) is 0 Å². The van der Waals surface area contributed by atoms with Gasteiger partial charge < -0.3 is 18.9 Å². The zero-order valence-electron chi connectivity index (χ0n) is 24.4. The summed E-state index contributed by atoms with van der Waals surface area (Å²) in [6.07, 6.45) is 7.08. The van der Waals surface area contributed by atoms with Crippen LogP contribution in [-0.2, 0) is 15.9 Å². The number of rotatable bonds is 17. The fraction of sp³-hybridized carbons (Fsp3) is 0.562. The first-order chi connectivity index (χ1) is 18.5. The quantitative estimate of drug-likeness (QED) is 0.103. The van der Waals surface area contributed by atoms with E-state index in [1.165, 1.54) is 12.8 Å². The van der Waals surface area contributed by atoms with Crippen molar-refractivity contribution < 1.29 is 28.5 Å². The minimum absolute atomic E-state index is 0.183. The Morgan fingerprint density at radius 1 is 0.769 bits per heavy atom. The molecule has 0 aliphatic heterocycles. The largest absolute Gasteiger partial charge is 0.493 e. The highest BCUT2D eigenvalue weighted by molar-refractivity contribution is 9.10. The molecule has 2 aromatic carbocycles. The number of carbonyl (C=O) groups is 2. The Morgan fingerprint density at radius 2 is 1.31 bits per heavy atom. The van der Waals surface area contributed by atoms with Gasteiger partial charge in [0.1, 0.15) is 28.2 Å². The molecule has 0 aliphatic carbocycles. The van der Waals surface area contributed by atoms with Crippen LogP contribution >= 0.6 is 15.9 Å². The van der Waals surface area contributed by atoms with E-state index in [9.17, 15) is 9.59 Å². The molecule has 6 nitrogen and oxygen atoms in total. The number of halogens is 1.